The average Bonchev–Trinajstić information content (AvgIpc) is 0.722. The van der Waals surface area contributed by atoms with E-state index in [-0.39, 0.29) is 42.0 Å². The van der Waals surface area contributed by atoms with Gasteiger partial charge in [0.15, 0.2) is 0 Å². The third kappa shape index (κ3) is 116. The van der Waals surface area contributed by atoms with Crippen molar-refractivity contribution in [2.75, 3.05) is 0 Å². The Kier molecular flexibility index (Phi) is 12.3. The summed E-state index contributed by atoms with van der Waals surface area (Å²) >= 11 is -5.25. The fraction of sp³-hybridized carbons (Fsp3) is 0. The van der Waals surface area contributed by atoms with E-state index in [0.717, 1.165) is 0 Å². The van der Waals surface area contributed by atoms with Gasteiger partial charge in [0.1, 0.15) is 0 Å². The molecule has 0 aliphatic rings. The maximum absolute atomic E-state index is 8.82. The van der Waals surface area contributed by atoms with Crippen LogP contribution in [0, 0.1) is 0 Å². The topological polar surface area (TPSA) is 74.6 Å². The molecule has 2 N–H and O–H groups in total. The monoisotopic (exact) mass is 176 g/mol. The summed E-state index contributed by atoms with van der Waals surface area (Å²) in [7, 11) is 0. The Morgan fingerprint density at radius 1 is 1.14 bits per heavy atom. The summed E-state index contributed by atoms with van der Waals surface area (Å²) in [6.07, 6.45) is 0. The van der Waals surface area contributed by atoms with Crippen molar-refractivity contribution in [3.63, 3.8) is 0 Å². The van der Waals surface area contributed by atoms with Crippen LogP contribution in [-0.2, 0) is 21.2 Å². The van der Waals surface area contributed by atoms with E-state index in [1.165, 1.54) is 0 Å². The molecule has 0 aliphatic heterocycles. The molecule has 0 aromatic carbocycles. The first-order valence-corrected chi connectivity index (χ1v) is 2.88. The van der Waals surface area contributed by atoms with E-state index < -0.39 is 13.6 Å². The van der Waals surface area contributed by atoms with Gasteiger partial charge in [0, 0.05) is 0 Å². The molecule has 0 saturated carbocycles. The summed E-state index contributed by atoms with van der Waals surface area (Å²) in [5, 5.41) is 0. The summed E-state index contributed by atoms with van der Waals surface area (Å²) in [6.45, 7) is 0. The van der Waals surface area contributed by atoms with Crippen LogP contribution in [0.2, 0.25) is 0 Å². The van der Waals surface area contributed by atoms with Crippen molar-refractivity contribution in [2.24, 2.45) is 0 Å². The Balaban J connectivity index is -0.0000000800. The second kappa shape index (κ2) is 5.48. The van der Waals surface area contributed by atoms with Crippen molar-refractivity contribution < 1.29 is 71.5 Å². The summed E-state index contributed by atoms with van der Waals surface area (Å²) in [5.41, 5.74) is 0. The van der Waals surface area contributed by atoms with Crippen molar-refractivity contribution in [1.82, 2.24) is 0 Å². The molecule has 0 unspecified atom stereocenters. The Hall–Kier alpha value is 1.34. The van der Waals surface area contributed by atoms with Gasteiger partial charge in [0.2, 0.25) is 0 Å². The van der Waals surface area contributed by atoms with Gasteiger partial charge >= 0.3 is 59.1 Å². The van der Waals surface area contributed by atoms with Crippen LogP contribution in [0.3, 0.4) is 0 Å². The normalized spacial score (nSPS) is 8.29. The van der Waals surface area contributed by atoms with E-state index in [4.69, 9.17) is 15.9 Å². The van der Waals surface area contributed by atoms with E-state index in [0.29, 0.717) is 0 Å². The fourth-order valence-corrected chi connectivity index (χ4v) is 0. The van der Waals surface area contributed by atoms with Crippen molar-refractivity contribution in [2.45, 2.75) is 0 Å². The molecule has 0 radical (unpaired) electrons. The molecule has 0 spiro atoms. The zero-order valence-corrected chi connectivity index (χ0v) is 7.53. The first kappa shape index (κ1) is 15.8. The van der Waals surface area contributed by atoms with Crippen LogP contribution in [0.1, 0.15) is 0 Å². The molecular formula is H2ClCrNaO4. The molecule has 0 fully saturated rings. The van der Waals surface area contributed by atoms with E-state index in [1.54, 1.807) is 0 Å². The molecule has 0 aromatic rings. The molecule has 0 bridgehead atoms. The van der Waals surface area contributed by atoms with Crippen LogP contribution in [-0.4, -0.2) is 8.32 Å². The summed E-state index contributed by atoms with van der Waals surface area (Å²) < 4.78 is 31.9. The quantitative estimate of drug-likeness (QED) is 0.360. The molecular weight excluding hydrogens is 174 g/mol. The summed E-state index contributed by atoms with van der Waals surface area (Å²) in [5.74, 6) is 0. The van der Waals surface area contributed by atoms with Gasteiger partial charge in [0.25, 0.3) is 0 Å². The Morgan fingerprint density at radius 2 is 1.14 bits per heavy atom. The van der Waals surface area contributed by atoms with E-state index in [9.17, 15) is 0 Å². The Bertz CT molecular complexity index is 94.9. The summed E-state index contributed by atoms with van der Waals surface area (Å²) in [6, 6.07) is 0. The van der Waals surface area contributed by atoms with Crippen molar-refractivity contribution in [3.8, 4) is 0 Å². The van der Waals surface area contributed by atoms with E-state index in [1.807, 2.05) is 0 Å². The molecule has 0 amide bonds. The predicted molar refractivity (Wildman–Crippen MR) is 5.81 cm³/mol. The second-order valence-corrected chi connectivity index (χ2v) is 1.85. The van der Waals surface area contributed by atoms with Gasteiger partial charge in [-0.1, -0.05) is 0 Å². The van der Waals surface area contributed by atoms with Crippen molar-refractivity contribution in [3.05, 3.63) is 0 Å². The Morgan fingerprint density at radius 3 is 1.14 bits per heavy atom. The number of halogens is 1. The third-order valence-electron chi connectivity index (χ3n) is 0. The molecule has 0 atom stereocenters. The second-order valence-electron chi connectivity index (χ2n) is 0.448. The van der Waals surface area contributed by atoms with Crippen LogP contribution < -0.4 is 42.0 Å². The average molecular weight is 176 g/mol. The minimum atomic E-state index is -5.25. The Labute approximate surface area is 71.0 Å². The molecule has 4 nitrogen and oxygen atoms in total. The standard InChI is InChI=1S/ClH.Cr.Na.2H2O.2O/h1H;;;2*1H2;;/q;+2;+1;;;;/p-3. The fourth-order valence-electron chi connectivity index (χ4n) is 0. The van der Waals surface area contributed by atoms with Crippen molar-refractivity contribution >= 4 is 0 Å². The molecule has 40 valence electrons. The maximum atomic E-state index is 8.82. The van der Waals surface area contributed by atoms with Crippen LogP contribution in [0.4, 0.5) is 0 Å². The first-order chi connectivity index (χ1) is 2.00. The molecule has 0 heterocycles. The van der Waals surface area contributed by atoms with Crippen molar-refractivity contribution in [1.29, 1.82) is 0 Å². The predicted octanol–water partition coefficient (Wildman–Crippen LogP) is -7.35. The minimum absolute atomic E-state index is 0. The third-order valence-corrected chi connectivity index (χ3v) is 0. The van der Waals surface area contributed by atoms with Gasteiger partial charge in [-0.05, 0) is 0 Å². The van der Waals surface area contributed by atoms with Gasteiger partial charge < -0.3 is 12.4 Å². The molecule has 0 aliphatic carbocycles. The van der Waals surface area contributed by atoms with Crippen LogP contribution in [0.15, 0.2) is 0 Å². The molecule has 7 heteroatoms. The molecule has 0 rings (SSSR count). The number of hydrogen-bond donors (Lipinski definition) is 2. The van der Waals surface area contributed by atoms with Gasteiger partial charge in [-0.3, -0.25) is 0 Å². The van der Waals surface area contributed by atoms with E-state index in [2.05, 4.69) is 0 Å². The summed E-state index contributed by atoms with van der Waals surface area (Å²) in [4.78, 5) is 0. The molecule has 0 saturated heterocycles. The van der Waals surface area contributed by atoms with E-state index >= 15 is 0 Å². The van der Waals surface area contributed by atoms with Gasteiger partial charge in [-0.2, -0.15) is 0 Å². The first-order valence-electron chi connectivity index (χ1n) is 0.698. The van der Waals surface area contributed by atoms with Crippen LogP contribution in [0.5, 0.6) is 0 Å². The van der Waals surface area contributed by atoms with Gasteiger partial charge in [0.05, 0.1) is 0 Å². The zero-order chi connectivity index (χ0) is 4.50. The van der Waals surface area contributed by atoms with Crippen LogP contribution >= 0.6 is 0 Å². The molecule has 7 heavy (non-hydrogen) atoms. The van der Waals surface area contributed by atoms with Gasteiger partial charge in [-0.25, -0.2) is 0 Å². The zero-order valence-electron chi connectivity index (χ0n) is 3.50. The molecule has 0 aromatic heterocycles. The number of hydrogen-bond acceptors (Lipinski definition) is 2. The SMILES string of the molecule is [Cl-].[Na+].[O]=[Cr](=[O])([OH])[OH]. The van der Waals surface area contributed by atoms with Crippen LogP contribution in [0.25, 0.3) is 0 Å². The number of rotatable bonds is 0. The van der Waals surface area contributed by atoms with Gasteiger partial charge in [-0.15, -0.1) is 0 Å².